The van der Waals surface area contributed by atoms with Gasteiger partial charge in [0.1, 0.15) is 0 Å². The zero-order valence-electron chi connectivity index (χ0n) is 5.37. The Morgan fingerprint density at radius 3 is 0.923 bits per heavy atom. The average Bonchev–Trinajstić information content (AvgIpc) is 1.64. The van der Waals surface area contributed by atoms with Gasteiger partial charge in [0.15, 0.2) is 0 Å². The van der Waals surface area contributed by atoms with Crippen LogP contribution in [0.15, 0.2) is 0 Å². The van der Waals surface area contributed by atoms with Gasteiger partial charge in [-0.05, 0) is 0 Å². The third-order valence-corrected chi connectivity index (χ3v) is 11.9. The SMILES string of the molecule is N.[O]=[Ru](=[O])(=[O])([Cl])([Cl])([Cl])([Cl])([O]Cl)[O]Cl. The molecule has 13 heavy (non-hydrogen) atoms. The second-order valence-corrected chi connectivity index (χ2v) is 40.9. The van der Waals surface area contributed by atoms with Crippen molar-refractivity contribution in [1.82, 2.24) is 6.15 Å². The molecular formula is H3Cl6NO5Ru. The normalized spacial score (nSPS) is 28.6. The van der Waals surface area contributed by atoms with Crippen LogP contribution in [0.2, 0.25) is 0 Å². The van der Waals surface area contributed by atoms with Crippen LogP contribution in [0.4, 0.5) is 0 Å². The predicted octanol–water partition coefficient (Wildman–Crippen LogP) is 3.80. The fourth-order valence-corrected chi connectivity index (χ4v) is 0.448. The molecule has 0 radical (unpaired) electrons. The van der Waals surface area contributed by atoms with Crippen molar-refractivity contribution in [3.63, 3.8) is 0 Å². The number of halogens is 6. The van der Waals surface area contributed by atoms with Gasteiger partial charge in [-0.2, -0.15) is 0 Å². The molecule has 13 heteroatoms. The summed E-state index contributed by atoms with van der Waals surface area (Å²) in [6, 6.07) is 0. The van der Waals surface area contributed by atoms with Gasteiger partial charge in [-0.15, -0.1) is 0 Å². The molecule has 0 amide bonds. The van der Waals surface area contributed by atoms with Crippen LogP contribution < -0.4 is 6.15 Å². The molecule has 0 aliphatic heterocycles. The third kappa shape index (κ3) is 5.94. The molecule has 0 aliphatic rings. The summed E-state index contributed by atoms with van der Waals surface area (Å²) in [6.07, 6.45) is 0. The van der Waals surface area contributed by atoms with Gasteiger partial charge >= 0.3 is 85.0 Å². The van der Waals surface area contributed by atoms with Crippen molar-refractivity contribution in [2.75, 3.05) is 0 Å². The van der Waals surface area contributed by atoms with Gasteiger partial charge in [0.05, 0.1) is 0 Å². The molecule has 0 aliphatic carbocycles. The Labute approximate surface area is 90.4 Å². The van der Waals surface area contributed by atoms with Crippen molar-refractivity contribution in [2.45, 2.75) is 0 Å². The molecule has 0 unspecified atom stereocenters. The van der Waals surface area contributed by atoms with Crippen LogP contribution in [0.3, 0.4) is 0 Å². The fourth-order valence-electron chi connectivity index (χ4n) is 0.00842. The van der Waals surface area contributed by atoms with Gasteiger partial charge in [0.25, 0.3) is 0 Å². The van der Waals surface area contributed by atoms with E-state index in [0.29, 0.717) is 0 Å². The van der Waals surface area contributed by atoms with E-state index in [1.165, 1.54) is 0 Å². The molecule has 0 rings (SSSR count). The van der Waals surface area contributed by atoms with Crippen LogP contribution >= 0.6 is 62.5 Å². The second-order valence-electron chi connectivity index (χ2n) is 2.09. The molecule has 0 bridgehead atoms. The van der Waals surface area contributed by atoms with Crippen LogP contribution in [0.1, 0.15) is 0 Å². The first-order valence-electron chi connectivity index (χ1n) is 1.56. The molecule has 0 fully saturated rings. The maximum atomic E-state index is 11.1. The van der Waals surface area contributed by atoms with Crippen LogP contribution in [0, 0.1) is 0 Å². The molecule has 0 heterocycles. The summed E-state index contributed by atoms with van der Waals surface area (Å²) in [5.41, 5.74) is -11.1. The van der Waals surface area contributed by atoms with Crippen molar-refractivity contribution in [3.05, 3.63) is 0 Å². The van der Waals surface area contributed by atoms with E-state index < -0.39 is 5.51 Å². The van der Waals surface area contributed by atoms with Crippen molar-refractivity contribution in [2.24, 2.45) is 0 Å². The van der Waals surface area contributed by atoms with Gasteiger partial charge < -0.3 is 6.15 Å². The predicted molar refractivity (Wildman–Crippen MR) is 44.4 cm³/mol. The molecule has 0 spiro atoms. The van der Waals surface area contributed by atoms with E-state index in [2.05, 4.69) is 68.7 Å². The van der Waals surface area contributed by atoms with Gasteiger partial charge in [-0.1, -0.05) is 0 Å². The van der Waals surface area contributed by atoms with Gasteiger partial charge in [-0.25, -0.2) is 0 Å². The molecule has 0 saturated heterocycles. The molecule has 6 nitrogen and oxygen atoms in total. The second kappa shape index (κ2) is 1.39. The summed E-state index contributed by atoms with van der Waals surface area (Å²) >= 11 is 8.38. The van der Waals surface area contributed by atoms with Gasteiger partial charge in [0, 0.05) is 0 Å². The summed E-state index contributed by atoms with van der Waals surface area (Å²) in [4.78, 5) is 0. The van der Waals surface area contributed by atoms with E-state index in [1.54, 1.807) is 0 Å². The third-order valence-electron chi connectivity index (χ3n) is 0.343. The molecular weight excluding hydrogens is 408 g/mol. The Balaban J connectivity index is 0. The maximum absolute atomic E-state index is 11.1. The Morgan fingerprint density at radius 1 is 0.769 bits per heavy atom. The Hall–Kier alpha value is 1.64. The number of hydrogen-bond acceptors (Lipinski definition) is 6. The summed E-state index contributed by atoms with van der Waals surface area (Å²) < 4.78 is 38.7. The minimum absolute atomic E-state index is 0. The molecule has 0 aromatic carbocycles. The Bertz CT molecular complexity index is 607. The van der Waals surface area contributed by atoms with Crippen LogP contribution in [-0.2, 0) is 22.5 Å². The van der Waals surface area contributed by atoms with Crippen LogP contribution in [0.5, 0.6) is 0 Å². The summed E-state index contributed by atoms with van der Waals surface area (Å²) in [6.45, 7) is 0. The molecule has 88 valence electrons. The monoisotopic (exact) mass is 409 g/mol. The minimum atomic E-state index is -11.1. The van der Waals surface area contributed by atoms with E-state index >= 15 is 0 Å². The van der Waals surface area contributed by atoms with E-state index in [9.17, 15) is 10.7 Å². The van der Waals surface area contributed by atoms with Crippen LogP contribution in [-0.4, -0.2) is 0 Å². The molecule has 0 aromatic rings. The summed E-state index contributed by atoms with van der Waals surface area (Å²) in [5, 5.41) is 0. The van der Waals surface area contributed by atoms with Crippen molar-refractivity contribution in [1.29, 1.82) is 0 Å². The summed E-state index contributed by atoms with van der Waals surface area (Å²) in [5.74, 6) is 0. The Morgan fingerprint density at radius 2 is 0.923 bits per heavy atom. The van der Waals surface area contributed by atoms with Gasteiger partial charge in [-0.3, -0.25) is 0 Å². The molecule has 0 saturated carbocycles. The topological polar surface area (TPSA) is 105 Å². The van der Waals surface area contributed by atoms with E-state index in [-0.39, 0.29) is 6.15 Å². The standard InChI is InChI=1S/2ClO.4ClH.H3N.3O.Ru/c2*1-2;;;;;;;;;/h;;4*1H;1H3;;;;/q2*-1;;;;;;;;;+6/p-4. The van der Waals surface area contributed by atoms with Crippen molar-refractivity contribution in [3.8, 4) is 0 Å². The molecule has 3 N–H and O–H groups in total. The van der Waals surface area contributed by atoms with Crippen molar-refractivity contribution >= 4 is 62.5 Å². The summed E-state index contributed by atoms with van der Waals surface area (Å²) in [7, 11) is 17.0. The first-order chi connectivity index (χ1) is 4.22. The number of rotatable bonds is 2. The quantitative estimate of drug-likeness (QED) is 0.694. The van der Waals surface area contributed by atoms with E-state index in [1.807, 2.05) is 0 Å². The first-order valence-corrected chi connectivity index (χ1v) is 14.7. The average molecular weight is 411 g/mol. The van der Waals surface area contributed by atoms with E-state index in [4.69, 9.17) is 0 Å². The number of hydrogen-bond donors (Lipinski definition) is 1. The zero-order valence-corrected chi connectivity index (χ0v) is 11.6. The Kier molecular flexibility index (Phi) is 1.82. The van der Waals surface area contributed by atoms with Gasteiger partial charge in [0.2, 0.25) is 0 Å². The first kappa shape index (κ1) is 17.1. The van der Waals surface area contributed by atoms with Crippen LogP contribution in [0.25, 0.3) is 0 Å². The molecule has 0 atom stereocenters. The zero-order chi connectivity index (χ0) is 10.7. The van der Waals surface area contributed by atoms with Crippen molar-refractivity contribution < 1.29 is 22.5 Å². The van der Waals surface area contributed by atoms with E-state index in [0.717, 1.165) is 0 Å². The fraction of sp³-hybridized carbons (Fsp3) is 0. The molecule has 0 aromatic heterocycles.